The quantitative estimate of drug-likeness (QED) is 0.900. The molecule has 2 N–H and O–H groups in total. The third-order valence-corrected chi connectivity index (χ3v) is 3.80. The SMILES string of the molecule is CCn1ncc(OC)c1C(N)c1sccc1OC. The Balaban J connectivity index is 2.44. The highest BCUT2D eigenvalue weighted by Crippen LogP contribution is 2.36. The average molecular weight is 267 g/mol. The molecule has 2 rings (SSSR count). The normalized spacial score (nSPS) is 12.4. The number of nitrogens with zero attached hydrogens (tertiary/aromatic N) is 2. The van der Waals surface area contributed by atoms with Gasteiger partial charge in [-0.3, -0.25) is 4.68 Å². The van der Waals surface area contributed by atoms with Gasteiger partial charge in [0.05, 0.1) is 31.3 Å². The van der Waals surface area contributed by atoms with Gasteiger partial charge in [-0.1, -0.05) is 0 Å². The standard InChI is InChI=1S/C12H17N3O2S/c1-4-15-11(9(17-3)7-14-15)10(13)12-8(16-2)5-6-18-12/h5-7,10H,4,13H2,1-3H3. The molecular formula is C12H17N3O2S. The average Bonchev–Trinajstić information content (AvgIpc) is 3.03. The fourth-order valence-corrected chi connectivity index (χ4v) is 2.79. The predicted molar refractivity (Wildman–Crippen MR) is 71.4 cm³/mol. The van der Waals surface area contributed by atoms with E-state index in [4.69, 9.17) is 15.2 Å². The van der Waals surface area contributed by atoms with E-state index in [2.05, 4.69) is 5.10 Å². The molecule has 0 fully saturated rings. The maximum Gasteiger partial charge on any atom is 0.161 e. The van der Waals surface area contributed by atoms with E-state index in [1.54, 1.807) is 31.8 Å². The lowest BCUT2D eigenvalue weighted by molar-refractivity contribution is 0.399. The second kappa shape index (κ2) is 5.41. The number of rotatable bonds is 5. The fourth-order valence-electron chi connectivity index (χ4n) is 1.93. The molecular weight excluding hydrogens is 250 g/mol. The van der Waals surface area contributed by atoms with E-state index < -0.39 is 0 Å². The van der Waals surface area contributed by atoms with Gasteiger partial charge >= 0.3 is 0 Å². The molecule has 0 saturated carbocycles. The van der Waals surface area contributed by atoms with Crippen molar-refractivity contribution in [1.29, 1.82) is 0 Å². The second-order valence-electron chi connectivity index (χ2n) is 3.74. The van der Waals surface area contributed by atoms with E-state index in [9.17, 15) is 0 Å². The van der Waals surface area contributed by atoms with Crippen LogP contribution in [0.5, 0.6) is 11.5 Å². The molecule has 18 heavy (non-hydrogen) atoms. The molecule has 0 bridgehead atoms. The molecule has 1 unspecified atom stereocenters. The summed E-state index contributed by atoms with van der Waals surface area (Å²) >= 11 is 1.57. The Kier molecular flexibility index (Phi) is 3.88. The van der Waals surface area contributed by atoms with Crippen molar-refractivity contribution in [2.24, 2.45) is 5.73 Å². The molecule has 2 aromatic rings. The van der Waals surface area contributed by atoms with Gasteiger partial charge in [-0.25, -0.2) is 0 Å². The van der Waals surface area contributed by atoms with Gasteiger partial charge in [0, 0.05) is 6.54 Å². The highest BCUT2D eigenvalue weighted by molar-refractivity contribution is 7.10. The lowest BCUT2D eigenvalue weighted by Gasteiger charge is -2.15. The third-order valence-electron chi connectivity index (χ3n) is 2.82. The molecule has 0 aromatic carbocycles. The molecule has 0 aliphatic carbocycles. The van der Waals surface area contributed by atoms with E-state index in [1.807, 2.05) is 23.1 Å². The molecule has 2 aromatic heterocycles. The molecule has 1 atom stereocenters. The Morgan fingerprint density at radius 1 is 1.39 bits per heavy atom. The van der Waals surface area contributed by atoms with Gasteiger partial charge in [-0.15, -0.1) is 11.3 Å². The Hall–Kier alpha value is -1.53. The van der Waals surface area contributed by atoms with E-state index in [0.29, 0.717) is 5.75 Å². The Morgan fingerprint density at radius 3 is 2.72 bits per heavy atom. The molecule has 0 aliphatic heterocycles. The number of nitrogens with two attached hydrogens (primary N) is 1. The van der Waals surface area contributed by atoms with Crippen LogP contribution in [0.25, 0.3) is 0 Å². The lowest BCUT2D eigenvalue weighted by Crippen LogP contribution is -2.17. The molecule has 0 spiro atoms. The zero-order valence-electron chi connectivity index (χ0n) is 10.7. The zero-order chi connectivity index (χ0) is 13.1. The van der Waals surface area contributed by atoms with Crippen LogP contribution in [0.1, 0.15) is 23.5 Å². The van der Waals surface area contributed by atoms with E-state index in [0.717, 1.165) is 22.9 Å². The summed E-state index contributed by atoms with van der Waals surface area (Å²) in [7, 11) is 3.27. The van der Waals surface area contributed by atoms with Gasteiger partial charge in [-0.2, -0.15) is 5.10 Å². The number of thiophene rings is 1. The second-order valence-corrected chi connectivity index (χ2v) is 4.69. The van der Waals surface area contributed by atoms with Crippen molar-refractivity contribution in [2.75, 3.05) is 14.2 Å². The molecule has 5 nitrogen and oxygen atoms in total. The maximum absolute atomic E-state index is 6.32. The number of ether oxygens (including phenoxy) is 2. The molecule has 0 saturated heterocycles. The van der Waals surface area contributed by atoms with Crippen molar-refractivity contribution >= 4 is 11.3 Å². The Morgan fingerprint density at radius 2 is 2.11 bits per heavy atom. The molecule has 2 heterocycles. The van der Waals surface area contributed by atoms with Crippen LogP contribution in [-0.4, -0.2) is 24.0 Å². The minimum Gasteiger partial charge on any atom is -0.496 e. The van der Waals surface area contributed by atoms with Crippen molar-refractivity contribution in [1.82, 2.24) is 9.78 Å². The molecule has 98 valence electrons. The maximum atomic E-state index is 6.32. The van der Waals surface area contributed by atoms with Crippen molar-refractivity contribution in [3.8, 4) is 11.5 Å². The zero-order valence-corrected chi connectivity index (χ0v) is 11.5. The summed E-state index contributed by atoms with van der Waals surface area (Å²) in [5, 5.41) is 6.23. The molecule has 0 aliphatic rings. The highest BCUT2D eigenvalue weighted by Gasteiger charge is 2.23. The summed E-state index contributed by atoms with van der Waals surface area (Å²) in [6.45, 7) is 2.77. The first-order valence-electron chi connectivity index (χ1n) is 5.69. The molecule has 6 heteroatoms. The summed E-state index contributed by atoms with van der Waals surface area (Å²) in [4.78, 5) is 0.978. The van der Waals surface area contributed by atoms with Crippen molar-refractivity contribution in [3.63, 3.8) is 0 Å². The topological polar surface area (TPSA) is 62.3 Å². The van der Waals surface area contributed by atoms with Gasteiger partial charge in [0.1, 0.15) is 11.4 Å². The van der Waals surface area contributed by atoms with E-state index in [1.165, 1.54) is 0 Å². The van der Waals surface area contributed by atoms with Gasteiger partial charge in [0.25, 0.3) is 0 Å². The summed E-state index contributed by atoms with van der Waals surface area (Å²) < 4.78 is 12.5. The van der Waals surface area contributed by atoms with Crippen molar-refractivity contribution in [2.45, 2.75) is 19.5 Å². The largest absolute Gasteiger partial charge is 0.496 e. The van der Waals surface area contributed by atoms with Crippen LogP contribution in [0, 0.1) is 0 Å². The number of hydrogen-bond donors (Lipinski definition) is 1. The first-order valence-corrected chi connectivity index (χ1v) is 6.57. The first-order chi connectivity index (χ1) is 8.72. The van der Waals surface area contributed by atoms with Crippen LogP contribution in [0.3, 0.4) is 0 Å². The monoisotopic (exact) mass is 267 g/mol. The highest BCUT2D eigenvalue weighted by atomic mass is 32.1. The fraction of sp³-hybridized carbons (Fsp3) is 0.417. The van der Waals surface area contributed by atoms with Gasteiger partial charge < -0.3 is 15.2 Å². The predicted octanol–water partition coefficient (Wildman–Crippen LogP) is 2.03. The van der Waals surface area contributed by atoms with Crippen LogP contribution >= 0.6 is 11.3 Å². The van der Waals surface area contributed by atoms with Gasteiger partial charge in [0.15, 0.2) is 5.75 Å². The van der Waals surface area contributed by atoms with Crippen molar-refractivity contribution < 1.29 is 9.47 Å². The minimum absolute atomic E-state index is 0.294. The van der Waals surface area contributed by atoms with Crippen LogP contribution in [-0.2, 0) is 6.54 Å². The van der Waals surface area contributed by atoms with E-state index >= 15 is 0 Å². The van der Waals surface area contributed by atoms with E-state index in [-0.39, 0.29) is 6.04 Å². The van der Waals surface area contributed by atoms with Crippen LogP contribution in [0.4, 0.5) is 0 Å². The first kappa shape index (κ1) is 12.9. The summed E-state index contributed by atoms with van der Waals surface area (Å²) in [6.07, 6.45) is 1.69. The number of aryl methyl sites for hydroxylation is 1. The summed E-state index contributed by atoms with van der Waals surface area (Å²) in [5.74, 6) is 1.51. The van der Waals surface area contributed by atoms with Crippen LogP contribution in [0.15, 0.2) is 17.6 Å². The summed E-state index contributed by atoms with van der Waals surface area (Å²) in [6, 6.07) is 1.62. The van der Waals surface area contributed by atoms with Crippen LogP contribution in [0.2, 0.25) is 0 Å². The smallest absolute Gasteiger partial charge is 0.161 e. The van der Waals surface area contributed by atoms with Crippen LogP contribution < -0.4 is 15.2 Å². The van der Waals surface area contributed by atoms with Gasteiger partial charge in [0.2, 0.25) is 0 Å². The van der Waals surface area contributed by atoms with Crippen molar-refractivity contribution in [3.05, 3.63) is 28.2 Å². The summed E-state index contributed by atoms with van der Waals surface area (Å²) in [5.41, 5.74) is 7.20. The Labute approximate surface area is 110 Å². The Bertz CT molecular complexity index is 500. The lowest BCUT2D eigenvalue weighted by atomic mass is 10.1. The third kappa shape index (κ3) is 2.09. The number of aromatic nitrogens is 2. The number of hydrogen-bond acceptors (Lipinski definition) is 5. The number of methoxy groups -OCH3 is 2. The molecule has 0 radical (unpaired) electrons. The minimum atomic E-state index is -0.294. The molecule has 0 amide bonds. The van der Waals surface area contributed by atoms with Gasteiger partial charge in [-0.05, 0) is 18.4 Å².